The maximum Gasteiger partial charge on any atom is 0.344 e. The van der Waals surface area contributed by atoms with E-state index in [0.29, 0.717) is 17.4 Å². The van der Waals surface area contributed by atoms with Gasteiger partial charge >= 0.3 is 5.97 Å². The highest BCUT2D eigenvalue weighted by Gasteiger charge is 2.02. The van der Waals surface area contributed by atoms with E-state index < -0.39 is 0 Å². The number of ether oxygens (including phenoxy) is 2. The molecular weight excluding hydrogens is 239 g/mol. The van der Waals surface area contributed by atoms with Crippen LogP contribution in [-0.2, 0) is 9.53 Å². The molecule has 0 fully saturated rings. The van der Waals surface area contributed by atoms with Crippen LogP contribution in [0.5, 0.6) is 5.75 Å². The van der Waals surface area contributed by atoms with Gasteiger partial charge in [-0.15, -0.1) is 12.4 Å². The maximum atomic E-state index is 10.9. The number of rotatable bonds is 4. The van der Waals surface area contributed by atoms with Gasteiger partial charge in [-0.2, -0.15) is 0 Å². The normalized spacial score (nSPS) is 8.93. The molecule has 84 valence electrons. The van der Waals surface area contributed by atoms with Crippen molar-refractivity contribution < 1.29 is 14.3 Å². The van der Waals surface area contributed by atoms with E-state index in [2.05, 4.69) is 0 Å². The van der Waals surface area contributed by atoms with Gasteiger partial charge < -0.3 is 9.47 Å². The molecule has 0 saturated heterocycles. The van der Waals surface area contributed by atoms with Gasteiger partial charge in [-0.05, 0) is 31.2 Å². The first kappa shape index (κ1) is 14.1. The van der Waals surface area contributed by atoms with E-state index in [4.69, 9.17) is 21.1 Å². The number of benzene rings is 1. The van der Waals surface area contributed by atoms with E-state index >= 15 is 0 Å². The standard InChI is InChI=1S/C10H11ClO3.ClH/c1-2-13-10(12)7-14-9-5-3-8(11)4-6-9;/h3-6H,2,7H2,1H3;1H. The molecule has 0 amide bonds. The van der Waals surface area contributed by atoms with Crippen molar-refractivity contribution in [3.05, 3.63) is 29.3 Å². The van der Waals surface area contributed by atoms with Crippen LogP contribution in [0.2, 0.25) is 5.02 Å². The number of esters is 1. The van der Waals surface area contributed by atoms with Gasteiger partial charge in [0.05, 0.1) is 6.61 Å². The molecular formula is C10H12Cl2O3. The molecule has 0 aliphatic carbocycles. The topological polar surface area (TPSA) is 35.5 Å². The Morgan fingerprint density at radius 3 is 2.47 bits per heavy atom. The van der Waals surface area contributed by atoms with Gasteiger partial charge in [0, 0.05) is 5.02 Å². The van der Waals surface area contributed by atoms with Crippen molar-refractivity contribution in [1.29, 1.82) is 0 Å². The fourth-order valence-electron chi connectivity index (χ4n) is 0.876. The van der Waals surface area contributed by atoms with Crippen LogP contribution >= 0.6 is 24.0 Å². The van der Waals surface area contributed by atoms with Gasteiger partial charge in [0.2, 0.25) is 0 Å². The Hall–Kier alpha value is -0.930. The lowest BCUT2D eigenvalue weighted by Crippen LogP contribution is -2.14. The summed E-state index contributed by atoms with van der Waals surface area (Å²) < 4.78 is 9.84. The third-order valence-corrected chi connectivity index (χ3v) is 1.73. The van der Waals surface area contributed by atoms with Crippen LogP contribution in [0.4, 0.5) is 0 Å². The van der Waals surface area contributed by atoms with Crippen LogP contribution in [0, 0.1) is 0 Å². The molecule has 15 heavy (non-hydrogen) atoms. The van der Waals surface area contributed by atoms with Gasteiger partial charge in [-0.3, -0.25) is 0 Å². The Morgan fingerprint density at radius 1 is 1.33 bits per heavy atom. The lowest BCUT2D eigenvalue weighted by atomic mass is 10.3. The number of halogens is 2. The molecule has 5 heteroatoms. The van der Waals surface area contributed by atoms with Crippen molar-refractivity contribution in [3.8, 4) is 5.75 Å². The fraction of sp³-hybridized carbons (Fsp3) is 0.300. The summed E-state index contributed by atoms with van der Waals surface area (Å²) in [4.78, 5) is 10.9. The average Bonchev–Trinajstić information content (AvgIpc) is 2.17. The number of hydrogen-bond donors (Lipinski definition) is 0. The molecule has 3 nitrogen and oxygen atoms in total. The number of carbonyl (C=O) groups excluding carboxylic acids is 1. The molecule has 0 saturated carbocycles. The largest absolute Gasteiger partial charge is 0.482 e. The highest BCUT2D eigenvalue weighted by atomic mass is 35.5. The molecule has 0 aliphatic heterocycles. The van der Waals surface area contributed by atoms with Crippen LogP contribution in [0.1, 0.15) is 6.92 Å². The summed E-state index contributed by atoms with van der Waals surface area (Å²) in [6.07, 6.45) is 0. The number of carbonyl (C=O) groups is 1. The summed E-state index contributed by atoms with van der Waals surface area (Å²) in [5.74, 6) is 0.227. The smallest absolute Gasteiger partial charge is 0.344 e. The van der Waals surface area contributed by atoms with Crippen molar-refractivity contribution in [2.75, 3.05) is 13.2 Å². The average molecular weight is 251 g/mol. The molecule has 0 N–H and O–H groups in total. The number of hydrogen-bond acceptors (Lipinski definition) is 3. The first-order valence-electron chi connectivity index (χ1n) is 4.26. The van der Waals surface area contributed by atoms with E-state index in [0.717, 1.165) is 0 Å². The molecule has 0 unspecified atom stereocenters. The zero-order chi connectivity index (χ0) is 10.4. The molecule has 0 bridgehead atoms. The summed E-state index contributed by atoms with van der Waals surface area (Å²) in [5.41, 5.74) is 0. The van der Waals surface area contributed by atoms with Crippen molar-refractivity contribution in [2.24, 2.45) is 0 Å². The van der Waals surface area contributed by atoms with E-state index in [1.54, 1.807) is 31.2 Å². The minimum atomic E-state index is -0.373. The van der Waals surface area contributed by atoms with Gasteiger partial charge in [-0.25, -0.2) is 4.79 Å². The zero-order valence-corrected chi connectivity index (χ0v) is 9.81. The van der Waals surface area contributed by atoms with Crippen molar-refractivity contribution >= 4 is 30.0 Å². The maximum absolute atomic E-state index is 10.9. The lowest BCUT2D eigenvalue weighted by molar-refractivity contribution is -0.145. The van der Waals surface area contributed by atoms with E-state index in [-0.39, 0.29) is 25.0 Å². The summed E-state index contributed by atoms with van der Waals surface area (Å²) in [6, 6.07) is 6.78. The summed E-state index contributed by atoms with van der Waals surface area (Å²) in [5, 5.41) is 0.633. The first-order valence-corrected chi connectivity index (χ1v) is 4.64. The molecule has 0 atom stereocenters. The van der Waals surface area contributed by atoms with Crippen LogP contribution in [0.25, 0.3) is 0 Å². The van der Waals surface area contributed by atoms with Crippen LogP contribution in [-0.4, -0.2) is 19.2 Å². The van der Waals surface area contributed by atoms with Crippen molar-refractivity contribution in [3.63, 3.8) is 0 Å². The molecule has 0 aromatic heterocycles. The van der Waals surface area contributed by atoms with E-state index in [1.807, 2.05) is 0 Å². The Balaban J connectivity index is 0.00000196. The molecule has 0 aliphatic rings. The summed E-state index contributed by atoms with van der Waals surface area (Å²) in [7, 11) is 0. The van der Waals surface area contributed by atoms with E-state index in [1.165, 1.54) is 0 Å². The van der Waals surface area contributed by atoms with Crippen molar-refractivity contribution in [2.45, 2.75) is 6.92 Å². The van der Waals surface area contributed by atoms with Gasteiger partial charge in [0.1, 0.15) is 5.75 Å². The molecule has 1 rings (SSSR count). The quantitative estimate of drug-likeness (QED) is 0.772. The Bertz CT molecular complexity index is 298. The van der Waals surface area contributed by atoms with E-state index in [9.17, 15) is 4.79 Å². The highest BCUT2D eigenvalue weighted by Crippen LogP contribution is 2.15. The van der Waals surface area contributed by atoms with Crippen molar-refractivity contribution in [1.82, 2.24) is 0 Å². The second kappa shape index (κ2) is 7.37. The predicted molar refractivity (Wildman–Crippen MR) is 60.8 cm³/mol. The second-order valence-electron chi connectivity index (χ2n) is 2.55. The fourth-order valence-corrected chi connectivity index (χ4v) is 1.00. The third kappa shape index (κ3) is 5.50. The zero-order valence-electron chi connectivity index (χ0n) is 8.23. The van der Waals surface area contributed by atoms with Crippen LogP contribution in [0.15, 0.2) is 24.3 Å². The van der Waals surface area contributed by atoms with Gasteiger partial charge in [-0.1, -0.05) is 11.6 Å². The predicted octanol–water partition coefficient (Wildman–Crippen LogP) is 2.70. The highest BCUT2D eigenvalue weighted by molar-refractivity contribution is 6.30. The van der Waals surface area contributed by atoms with Gasteiger partial charge in [0.25, 0.3) is 0 Å². The summed E-state index contributed by atoms with van der Waals surface area (Å²) in [6.45, 7) is 2.04. The molecule has 1 aromatic rings. The Labute approximate surface area is 99.7 Å². The first-order chi connectivity index (χ1) is 6.72. The van der Waals surface area contributed by atoms with Gasteiger partial charge in [0.15, 0.2) is 6.61 Å². The third-order valence-electron chi connectivity index (χ3n) is 1.48. The Morgan fingerprint density at radius 2 is 1.93 bits per heavy atom. The minimum absolute atomic E-state index is 0. The van der Waals surface area contributed by atoms with Crippen LogP contribution < -0.4 is 4.74 Å². The Kier molecular flexibility index (Phi) is 6.92. The summed E-state index contributed by atoms with van der Waals surface area (Å²) >= 11 is 5.68. The van der Waals surface area contributed by atoms with Crippen LogP contribution in [0.3, 0.4) is 0 Å². The molecule has 1 aromatic carbocycles. The monoisotopic (exact) mass is 250 g/mol. The molecule has 0 radical (unpaired) electrons. The molecule has 0 spiro atoms. The SMILES string of the molecule is CCOC(=O)COc1ccc(Cl)cc1.Cl. The molecule has 0 heterocycles. The minimum Gasteiger partial charge on any atom is -0.482 e. The second-order valence-corrected chi connectivity index (χ2v) is 2.98. The lowest BCUT2D eigenvalue weighted by Gasteiger charge is -2.05.